The highest BCUT2D eigenvalue weighted by Crippen LogP contribution is 2.29. The van der Waals surface area contributed by atoms with Gasteiger partial charge in [-0.15, -0.1) is 4.36 Å². The van der Waals surface area contributed by atoms with E-state index in [4.69, 9.17) is 12.2 Å². The standard InChI is InChI=1S/C15H20N4O3S3/c1-10-3-4-11(9-12(10)18-25(21)22)13(14(20)17-15(23)16-2)19-5-7-24-8-6-19/h3-4,9,13H,5-8H2,1-2H3,(H2,16,17,20,23). The average molecular weight is 401 g/mol. The first kappa shape index (κ1) is 19.8. The molecule has 0 spiro atoms. The molecule has 2 N–H and O–H groups in total. The van der Waals surface area contributed by atoms with Crippen LogP contribution in [0.1, 0.15) is 17.2 Å². The Bertz CT molecular complexity index is 781. The van der Waals surface area contributed by atoms with Gasteiger partial charge in [0.25, 0.3) is 0 Å². The third-order valence-electron chi connectivity index (χ3n) is 3.84. The number of benzene rings is 1. The molecule has 136 valence electrons. The number of rotatable bonds is 4. The van der Waals surface area contributed by atoms with Gasteiger partial charge in [-0.05, 0) is 36.3 Å². The van der Waals surface area contributed by atoms with Crippen molar-refractivity contribution in [3.05, 3.63) is 29.3 Å². The van der Waals surface area contributed by atoms with Crippen LogP contribution in [-0.4, -0.2) is 56.0 Å². The third-order valence-corrected chi connectivity index (χ3v) is 5.44. The Kier molecular flexibility index (Phi) is 7.36. The first-order valence-electron chi connectivity index (χ1n) is 7.68. The van der Waals surface area contributed by atoms with E-state index in [1.807, 2.05) is 17.8 Å². The van der Waals surface area contributed by atoms with E-state index in [0.717, 1.165) is 30.2 Å². The molecular weight excluding hydrogens is 380 g/mol. The summed E-state index contributed by atoms with van der Waals surface area (Å²) in [5.41, 5.74) is 1.76. The number of nitrogens with zero attached hydrogens (tertiary/aromatic N) is 2. The summed E-state index contributed by atoms with van der Waals surface area (Å²) in [6, 6.07) is 4.70. The molecule has 1 unspecified atom stereocenters. The summed E-state index contributed by atoms with van der Waals surface area (Å²) in [7, 11) is -0.907. The smallest absolute Gasteiger partial charge is 0.316 e. The van der Waals surface area contributed by atoms with E-state index < -0.39 is 16.5 Å². The van der Waals surface area contributed by atoms with Crippen LogP contribution in [0.4, 0.5) is 5.69 Å². The number of carbonyl (C=O) groups is 1. The van der Waals surface area contributed by atoms with Gasteiger partial charge in [0.05, 0.1) is 5.69 Å². The monoisotopic (exact) mass is 400 g/mol. The van der Waals surface area contributed by atoms with Gasteiger partial charge in [-0.1, -0.05) is 12.1 Å². The quantitative estimate of drug-likeness (QED) is 0.738. The Morgan fingerprint density at radius 2 is 2.04 bits per heavy atom. The number of hydrogen-bond donors (Lipinski definition) is 2. The van der Waals surface area contributed by atoms with Gasteiger partial charge in [0.1, 0.15) is 6.04 Å². The number of carbonyl (C=O) groups excluding carboxylic acids is 1. The second-order valence-electron chi connectivity index (χ2n) is 5.47. The maximum atomic E-state index is 12.8. The zero-order valence-electron chi connectivity index (χ0n) is 14.0. The van der Waals surface area contributed by atoms with Crippen LogP contribution in [0.15, 0.2) is 22.6 Å². The molecule has 1 saturated heterocycles. The second kappa shape index (κ2) is 9.27. The number of nitrogens with one attached hydrogen (secondary N) is 2. The van der Waals surface area contributed by atoms with Crippen molar-refractivity contribution < 1.29 is 13.2 Å². The van der Waals surface area contributed by atoms with E-state index in [9.17, 15) is 13.2 Å². The van der Waals surface area contributed by atoms with Gasteiger partial charge in [-0.25, -0.2) is 0 Å². The van der Waals surface area contributed by atoms with Crippen molar-refractivity contribution in [3.63, 3.8) is 0 Å². The maximum Gasteiger partial charge on any atom is 0.316 e. The molecule has 0 aliphatic carbocycles. The Hall–Kier alpha value is -1.49. The fourth-order valence-electron chi connectivity index (χ4n) is 2.58. The predicted molar refractivity (Wildman–Crippen MR) is 104 cm³/mol. The van der Waals surface area contributed by atoms with Crippen molar-refractivity contribution in [2.75, 3.05) is 31.6 Å². The summed E-state index contributed by atoms with van der Waals surface area (Å²) >= 11 is 6.88. The Labute approximate surface area is 158 Å². The largest absolute Gasteiger partial charge is 0.365 e. The molecule has 2 rings (SSSR count). The molecule has 0 bridgehead atoms. The lowest BCUT2D eigenvalue weighted by molar-refractivity contribution is -0.125. The first-order valence-corrected chi connectivity index (χ1v) is 10.3. The summed E-state index contributed by atoms with van der Waals surface area (Å²) in [4.78, 5) is 14.9. The number of amides is 1. The second-order valence-corrected chi connectivity index (χ2v) is 7.72. The molecule has 25 heavy (non-hydrogen) atoms. The van der Waals surface area contributed by atoms with Crippen molar-refractivity contribution in [1.82, 2.24) is 15.5 Å². The number of aryl methyl sites for hydroxylation is 1. The molecular formula is C15H20N4O3S3. The van der Waals surface area contributed by atoms with Crippen LogP contribution in [0.3, 0.4) is 0 Å². The number of hydrogen-bond acceptors (Lipinski definition) is 7. The number of thiocarbonyl (C=S) groups is 1. The van der Waals surface area contributed by atoms with Crippen molar-refractivity contribution in [2.24, 2.45) is 4.36 Å². The lowest BCUT2D eigenvalue weighted by Crippen LogP contribution is -2.47. The fourth-order valence-corrected chi connectivity index (χ4v) is 3.97. The Morgan fingerprint density at radius 1 is 1.36 bits per heavy atom. The summed E-state index contributed by atoms with van der Waals surface area (Å²) in [6.07, 6.45) is 0. The van der Waals surface area contributed by atoms with Gasteiger partial charge < -0.3 is 10.6 Å². The molecule has 0 saturated carbocycles. The maximum absolute atomic E-state index is 12.8. The minimum Gasteiger partial charge on any atom is -0.365 e. The molecule has 1 aliphatic heterocycles. The van der Waals surface area contributed by atoms with E-state index in [0.29, 0.717) is 11.3 Å². The third kappa shape index (κ3) is 5.50. The molecule has 1 amide bonds. The van der Waals surface area contributed by atoms with E-state index in [2.05, 4.69) is 19.9 Å². The normalized spacial score (nSPS) is 15.9. The van der Waals surface area contributed by atoms with E-state index in [1.54, 1.807) is 26.1 Å². The van der Waals surface area contributed by atoms with Crippen LogP contribution in [0.2, 0.25) is 0 Å². The zero-order chi connectivity index (χ0) is 18.4. The summed E-state index contributed by atoms with van der Waals surface area (Å²) in [5.74, 6) is 1.63. The van der Waals surface area contributed by atoms with Crippen LogP contribution in [0.5, 0.6) is 0 Å². The molecule has 1 heterocycles. The van der Waals surface area contributed by atoms with Gasteiger partial charge in [0.2, 0.25) is 5.91 Å². The molecule has 1 fully saturated rings. The molecule has 1 atom stereocenters. The summed E-state index contributed by atoms with van der Waals surface area (Å²) in [6.45, 7) is 3.31. The van der Waals surface area contributed by atoms with Gasteiger partial charge >= 0.3 is 10.5 Å². The lowest BCUT2D eigenvalue weighted by Gasteiger charge is -2.33. The SMILES string of the molecule is CNC(=S)NC(=O)C(c1ccc(C)c(N=S(=O)=O)c1)N1CCSCC1. The van der Waals surface area contributed by atoms with Gasteiger partial charge in [0.15, 0.2) is 5.11 Å². The highest BCUT2D eigenvalue weighted by molar-refractivity contribution is 7.99. The predicted octanol–water partition coefficient (Wildman–Crippen LogP) is 1.40. The topological polar surface area (TPSA) is 90.9 Å². The van der Waals surface area contributed by atoms with E-state index in [-0.39, 0.29) is 11.0 Å². The zero-order valence-corrected chi connectivity index (χ0v) is 16.4. The molecule has 1 aromatic carbocycles. The van der Waals surface area contributed by atoms with Crippen LogP contribution in [-0.2, 0) is 15.3 Å². The minimum absolute atomic E-state index is 0.246. The van der Waals surface area contributed by atoms with Crippen molar-refractivity contribution in [1.29, 1.82) is 0 Å². The van der Waals surface area contributed by atoms with Crippen LogP contribution < -0.4 is 10.6 Å². The van der Waals surface area contributed by atoms with Crippen molar-refractivity contribution in [2.45, 2.75) is 13.0 Å². The van der Waals surface area contributed by atoms with E-state index >= 15 is 0 Å². The minimum atomic E-state index is -2.55. The molecule has 7 nitrogen and oxygen atoms in total. The van der Waals surface area contributed by atoms with E-state index in [1.165, 1.54) is 0 Å². The molecule has 1 aromatic rings. The first-order chi connectivity index (χ1) is 11.9. The van der Waals surface area contributed by atoms with Gasteiger partial charge in [-0.3, -0.25) is 9.69 Å². The van der Waals surface area contributed by atoms with Crippen LogP contribution >= 0.6 is 24.0 Å². The molecule has 0 radical (unpaired) electrons. The van der Waals surface area contributed by atoms with Gasteiger partial charge in [-0.2, -0.15) is 20.2 Å². The van der Waals surface area contributed by atoms with Crippen LogP contribution in [0, 0.1) is 6.92 Å². The fraction of sp³-hybridized carbons (Fsp3) is 0.467. The summed E-state index contributed by atoms with van der Waals surface area (Å²) < 4.78 is 25.5. The molecule has 1 aliphatic rings. The number of thioether (sulfide) groups is 1. The van der Waals surface area contributed by atoms with Gasteiger partial charge in [0, 0.05) is 31.6 Å². The lowest BCUT2D eigenvalue weighted by atomic mass is 10.0. The highest BCUT2D eigenvalue weighted by atomic mass is 32.2. The van der Waals surface area contributed by atoms with Crippen molar-refractivity contribution in [3.8, 4) is 0 Å². The van der Waals surface area contributed by atoms with Crippen LogP contribution in [0.25, 0.3) is 0 Å². The molecule has 10 heteroatoms. The Morgan fingerprint density at radius 3 is 2.64 bits per heavy atom. The average Bonchev–Trinajstić information content (AvgIpc) is 2.58. The summed E-state index contributed by atoms with van der Waals surface area (Å²) in [5, 5.41) is 5.66. The van der Waals surface area contributed by atoms with Crippen molar-refractivity contribution >= 4 is 51.2 Å². The highest BCUT2D eigenvalue weighted by Gasteiger charge is 2.29. The molecule has 0 aromatic heterocycles. The Balaban J connectivity index is 2.42.